The molecule has 0 saturated heterocycles. The minimum atomic E-state index is -0.280. The first kappa shape index (κ1) is 12.4. The smallest absolute Gasteiger partial charge is 0.276 e. The van der Waals surface area contributed by atoms with Gasteiger partial charge in [0.25, 0.3) is 5.91 Å². The van der Waals surface area contributed by atoms with Gasteiger partial charge in [-0.05, 0) is 31.2 Å². The molecule has 0 aromatic heterocycles. The van der Waals surface area contributed by atoms with Crippen LogP contribution < -0.4 is 15.6 Å². The Morgan fingerprint density at radius 3 is 2.56 bits per heavy atom. The van der Waals surface area contributed by atoms with E-state index >= 15 is 0 Å². The Labute approximate surface area is 99.2 Å². The highest BCUT2D eigenvalue weighted by Gasteiger charge is 2.01. The first-order valence-corrected chi connectivity index (χ1v) is 5.04. The van der Waals surface area contributed by atoms with Crippen LogP contribution in [0.2, 0.25) is 5.02 Å². The van der Waals surface area contributed by atoms with E-state index in [9.17, 15) is 4.79 Å². The number of hydrazine groups is 1. The van der Waals surface area contributed by atoms with E-state index in [1.165, 1.54) is 0 Å². The summed E-state index contributed by atoms with van der Waals surface area (Å²) in [5, 5.41) is 0.626. The van der Waals surface area contributed by atoms with Crippen molar-refractivity contribution >= 4 is 17.5 Å². The van der Waals surface area contributed by atoms with E-state index in [2.05, 4.69) is 17.4 Å². The van der Waals surface area contributed by atoms with Crippen molar-refractivity contribution in [1.29, 1.82) is 0 Å². The zero-order chi connectivity index (χ0) is 12.0. The monoisotopic (exact) mass is 240 g/mol. The summed E-state index contributed by atoms with van der Waals surface area (Å²) in [7, 11) is 0. The zero-order valence-corrected chi connectivity index (χ0v) is 9.67. The van der Waals surface area contributed by atoms with Crippen molar-refractivity contribution in [3.63, 3.8) is 0 Å². The van der Waals surface area contributed by atoms with Gasteiger partial charge in [-0.25, -0.2) is 0 Å². The zero-order valence-electron chi connectivity index (χ0n) is 8.92. The van der Waals surface area contributed by atoms with Gasteiger partial charge in [0.1, 0.15) is 5.75 Å². The van der Waals surface area contributed by atoms with Crippen molar-refractivity contribution in [1.82, 2.24) is 10.9 Å². The molecule has 5 heteroatoms. The second kappa shape index (κ2) is 6.02. The van der Waals surface area contributed by atoms with Gasteiger partial charge >= 0.3 is 0 Å². The summed E-state index contributed by atoms with van der Waals surface area (Å²) in [6.45, 7) is 5.24. The maximum absolute atomic E-state index is 11.2. The highest BCUT2D eigenvalue weighted by molar-refractivity contribution is 6.30. The molecule has 0 aliphatic heterocycles. The van der Waals surface area contributed by atoms with Gasteiger partial charge in [0.2, 0.25) is 0 Å². The third-order valence-corrected chi connectivity index (χ3v) is 1.85. The second-order valence-electron chi connectivity index (χ2n) is 3.20. The van der Waals surface area contributed by atoms with Crippen LogP contribution in [-0.2, 0) is 4.79 Å². The fourth-order valence-electron chi connectivity index (χ4n) is 0.892. The molecule has 0 fully saturated rings. The molecule has 1 amide bonds. The van der Waals surface area contributed by atoms with Crippen LogP contribution in [0.1, 0.15) is 6.92 Å². The molecule has 1 rings (SSSR count). The second-order valence-corrected chi connectivity index (χ2v) is 3.63. The fraction of sp³-hybridized carbons (Fsp3) is 0.182. The summed E-state index contributed by atoms with van der Waals surface area (Å²) in [5.41, 5.74) is 5.67. The van der Waals surface area contributed by atoms with E-state index in [-0.39, 0.29) is 12.5 Å². The van der Waals surface area contributed by atoms with E-state index in [1.807, 2.05) is 0 Å². The maximum atomic E-state index is 11.2. The van der Waals surface area contributed by atoms with Crippen LogP contribution in [0.5, 0.6) is 5.75 Å². The molecule has 0 saturated carbocycles. The van der Waals surface area contributed by atoms with E-state index in [0.717, 1.165) is 0 Å². The molecular weight excluding hydrogens is 228 g/mol. The van der Waals surface area contributed by atoms with Gasteiger partial charge < -0.3 is 10.2 Å². The Bertz CT molecular complexity index is 376. The van der Waals surface area contributed by atoms with Gasteiger partial charge in [-0.1, -0.05) is 18.2 Å². The van der Waals surface area contributed by atoms with Crippen molar-refractivity contribution in [2.75, 3.05) is 6.61 Å². The van der Waals surface area contributed by atoms with Gasteiger partial charge in [-0.2, -0.15) is 0 Å². The lowest BCUT2D eigenvalue weighted by molar-refractivity contribution is -0.123. The number of amides is 1. The number of carbonyl (C=O) groups excluding carboxylic acids is 1. The highest BCUT2D eigenvalue weighted by atomic mass is 35.5. The van der Waals surface area contributed by atoms with E-state index < -0.39 is 0 Å². The molecule has 0 radical (unpaired) electrons. The van der Waals surface area contributed by atoms with Gasteiger partial charge in [-0.3, -0.25) is 10.2 Å². The average molecular weight is 241 g/mol. The molecule has 2 N–H and O–H groups in total. The number of carbonyl (C=O) groups is 1. The van der Waals surface area contributed by atoms with Crippen molar-refractivity contribution in [3.8, 4) is 5.75 Å². The SMILES string of the molecule is C=C(C)NNC(=O)COc1ccc(Cl)cc1. The largest absolute Gasteiger partial charge is 0.484 e. The van der Waals surface area contributed by atoms with Gasteiger partial charge in [-0.15, -0.1) is 0 Å². The Kier molecular flexibility index (Phi) is 4.66. The average Bonchev–Trinajstić information content (AvgIpc) is 2.25. The normalized spacial score (nSPS) is 9.38. The molecule has 0 spiro atoms. The predicted molar refractivity (Wildman–Crippen MR) is 63.0 cm³/mol. The van der Waals surface area contributed by atoms with Crippen LogP contribution in [0.15, 0.2) is 36.5 Å². The molecule has 0 bridgehead atoms. The van der Waals surface area contributed by atoms with Crippen LogP contribution in [0, 0.1) is 0 Å². The number of halogens is 1. The maximum Gasteiger partial charge on any atom is 0.276 e. The van der Waals surface area contributed by atoms with Crippen LogP contribution in [-0.4, -0.2) is 12.5 Å². The third-order valence-electron chi connectivity index (χ3n) is 1.60. The molecular formula is C11H13ClN2O2. The Morgan fingerprint density at radius 2 is 2.00 bits per heavy atom. The topological polar surface area (TPSA) is 50.4 Å². The number of hydrogen-bond donors (Lipinski definition) is 2. The first-order valence-electron chi connectivity index (χ1n) is 4.66. The van der Waals surface area contributed by atoms with Crippen molar-refractivity contribution < 1.29 is 9.53 Å². The molecule has 0 atom stereocenters. The van der Waals surface area contributed by atoms with Crippen molar-refractivity contribution in [2.24, 2.45) is 0 Å². The minimum absolute atomic E-state index is 0.0675. The number of rotatable bonds is 5. The van der Waals surface area contributed by atoms with E-state index in [4.69, 9.17) is 16.3 Å². The molecule has 0 unspecified atom stereocenters. The Morgan fingerprint density at radius 1 is 1.38 bits per heavy atom. The Hall–Kier alpha value is -1.68. The fourth-order valence-corrected chi connectivity index (χ4v) is 1.02. The third kappa shape index (κ3) is 4.70. The standard InChI is InChI=1S/C11H13ClN2O2/c1-8(2)13-14-11(15)7-16-10-5-3-9(12)4-6-10/h3-6,13H,1,7H2,2H3,(H,14,15). The predicted octanol–water partition coefficient (Wildman–Crippen LogP) is 1.87. The molecule has 86 valence electrons. The summed E-state index contributed by atoms with van der Waals surface area (Å²) in [5.74, 6) is 0.313. The quantitative estimate of drug-likeness (QED) is 0.773. The van der Waals surface area contributed by atoms with Gasteiger partial charge in [0.05, 0.1) is 0 Å². The van der Waals surface area contributed by atoms with Crippen LogP contribution in [0.4, 0.5) is 0 Å². The molecule has 0 heterocycles. The first-order chi connectivity index (χ1) is 7.58. The molecule has 1 aromatic rings. The minimum Gasteiger partial charge on any atom is -0.484 e. The lowest BCUT2D eigenvalue weighted by Gasteiger charge is -2.08. The van der Waals surface area contributed by atoms with Gasteiger partial charge in [0, 0.05) is 10.7 Å². The Balaban J connectivity index is 2.31. The van der Waals surface area contributed by atoms with Crippen molar-refractivity contribution in [3.05, 3.63) is 41.6 Å². The summed E-state index contributed by atoms with van der Waals surface area (Å²) in [6.07, 6.45) is 0. The van der Waals surface area contributed by atoms with E-state index in [0.29, 0.717) is 16.5 Å². The number of hydrogen-bond acceptors (Lipinski definition) is 3. The lowest BCUT2D eigenvalue weighted by Crippen LogP contribution is -2.38. The molecule has 1 aromatic carbocycles. The molecule has 0 aliphatic rings. The van der Waals surface area contributed by atoms with E-state index in [1.54, 1.807) is 31.2 Å². The van der Waals surface area contributed by atoms with Crippen LogP contribution >= 0.6 is 11.6 Å². The lowest BCUT2D eigenvalue weighted by atomic mass is 10.3. The summed E-state index contributed by atoms with van der Waals surface area (Å²) in [6, 6.07) is 6.78. The molecule has 0 aliphatic carbocycles. The molecule has 16 heavy (non-hydrogen) atoms. The number of nitrogens with one attached hydrogen (secondary N) is 2. The van der Waals surface area contributed by atoms with Crippen LogP contribution in [0.3, 0.4) is 0 Å². The number of benzene rings is 1. The van der Waals surface area contributed by atoms with Gasteiger partial charge in [0.15, 0.2) is 6.61 Å². The number of ether oxygens (including phenoxy) is 1. The number of allylic oxidation sites excluding steroid dienone is 1. The summed E-state index contributed by atoms with van der Waals surface area (Å²) < 4.78 is 5.21. The highest BCUT2D eigenvalue weighted by Crippen LogP contribution is 2.15. The van der Waals surface area contributed by atoms with Crippen molar-refractivity contribution in [2.45, 2.75) is 6.92 Å². The molecule has 4 nitrogen and oxygen atoms in total. The summed E-state index contributed by atoms with van der Waals surface area (Å²) >= 11 is 5.70. The van der Waals surface area contributed by atoms with Crippen LogP contribution in [0.25, 0.3) is 0 Å². The summed E-state index contributed by atoms with van der Waals surface area (Å²) in [4.78, 5) is 11.2.